The van der Waals surface area contributed by atoms with E-state index >= 15 is 0 Å². The van der Waals surface area contributed by atoms with Crippen molar-refractivity contribution in [2.24, 2.45) is 11.3 Å². The van der Waals surface area contributed by atoms with Crippen molar-refractivity contribution >= 4 is 5.97 Å². The fourth-order valence-corrected chi connectivity index (χ4v) is 3.61. The molecule has 0 saturated carbocycles. The molecule has 4 atom stereocenters. The number of hydrogen-bond acceptors (Lipinski definition) is 10. The maximum absolute atomic E-state index is 11.8. The zero-order valence-electron chi connectivity index (χ0n) is 18.8. The molecule has 0 spiro atoms. The Kier molecular flexibility index (Phi) is 11.1. The van der Waals surface area contributed by atoms with Gasteiger partial charge < -0.3 is 43.4 Å². The molecule has 0 radical (unpaired) electrons. The molecule has 186 valence electrons. The summed E-state index contributed by atoms with van der Waals surface area (Å²) < 4.78 is 38.9. The molecule has 3 rings (SSSR count). The fraction of sp³-hybridized carbons (Fsp3) is 0.955. The molecule has 3 saturated heterocycles. The monoisotopic (exact) mass is 462 g/mol. The van der Waals surface area contributed by atoms with E-state index in [4.69, 9.17) is 38.3 Å². The summed E-state index contributed by atoms with van der Waals surface area (Å²) in [5, 5.41) is 19.4. The lowest BCUT2D eigenvalue weighted by Crippen LogP contribution is -2.43. The average Bonchev–Trinajstić information content (AvgIpc) is 3.69. The molecule has 3 aliphatic heterocycles. The fourth-order valence-electron chi connectivity index (χ4n) is 3.61. The molecule has 4 unspecified atom stereocenters. The van der Waals surface area contributed by atoms with Gasteiger partial charge in [-0.2, -0.15) is 0 Å². The molecule has 3 fully saturated rings. The van der Waals surface area contributed by atoms with Crippen LogP contribution in [0.4, 0.5) is 0 Å². The van der Waals surface area contributed by atoms with Crippen molar-refractivity contribution < 1.29 is 48.2 Å². The SMILES string of the molecule is O=C1OCCCC1CC(O)COCC(COCCCO)(COCC1CO1)COCC1CO1. The first-order valence-corrected chi connectivity index (χ1v) is 11.6. The van der Waals surface area contributed by atoms with E-state index in [1.54, 1.807) is 0 Å². The molecular weight excluding hydrogens is 424 g/mol. The Hall–Kier alpha value is -0.850. The summed E-state index contributed by atoms with van der Waals surface area (Å²) in [6.45, 7) is 4.73. The van der Waals surface area contributed by atoms with E-state index in [2.05, 4.69) is 0 Å². The summed E-state index contributed by atoms with van der Waals surface area (Å²) in [5.41, 5.74) is -0.581. The molecular formula is C22H38O10. The molecule has 0 bridgehead atoms. The van der Waals surface area contributed by atoms with Crippen molar-refractivity contribution in [3.05, 3.63) is 0 Å². The van der Waals surface area contributed by atoms with Crippen molar-refractivity contribution in [1.82, 2.24) is 0 Å². The van der Waals surface area contributed by atoms with Crippen molar-refractivity contribution in [2.75, 3.05) is 79.3 Å². The first-order valence-electron chi connectivity index (χ1n) is 11.6. The number of esters is 1. The molecule has 10 nitrogen and oxygen atoms in total. The van der Waals surface area contributed by atoms with Crippen molar-refractivity contribution in [2.45, 2.75) is 44.0 Å². The highest BCUT2D eigenvalue weighted by atomic mass is 16.6. The Balaban J connectivity index is 1.48. The first-order chi connectivity index (χ1) is 15.6. The summed E-state index contributed by atoms with van der Waals surface area (Å²) in [7, 11) is 0. The Morgan fingerprint density at radius 1 is 1.00 bits per heavy atom. The highest BCUT2D eigenvalue weighted by Crippen LogP contribution is 2.24. The van der Waals surface area contributed by atoms with Crippen LogP contribution in [0.25, 0.3) is 0 Å². The topological polar surface area (TPSA) is 129 Å². The van der Waals surface area contributed by atoms with Crippen LogP contribution in [0.2, 0.25) is 0 Å². The largest absolute Gasteiger partial charge is 0.465 e. The van der Waals surface area contributed by atoms with E-state index in [0.29, 0.717) is 72.3 Å². The average molecular weight is 463 g/mol. The summed E-state index contributed by atoms with van der Waals surface area (Å²) in [6, 6.07) is 0. The lowest BCUT2D eigenvalue weighted by Gasteiger charge is -2.33. The second-order valence-electron chi connectivity index (χ2n) is 8.98. The summed E-state index contributed by atoms with van der Waals surface area (Å²) in [4.78, 5) is 11.8. The van der Waals surface area contributed by atoms with Crippen LogP contribution in [0, 0.1) is 11.3 Å². The standard InChI is InChI=1S/C22H38O10/c23-4-2-5-26-13-22(15-28-9-19-11-31-19,16-29-10-20-12-32-20)14-27-8-18(24)7-17-3-1-6-30-21(17)25/h17-20,23-24H,1-16H2. The molecule has 3 heterocycles. The second kappa shape index (κ2) is 13.8. The van der Waals surface area contributed by atoms with Crippen LogP contribution in [-0.2, 0) is 38.0 Å². The van der Waals surface area contributed by atoms with Crippen molar-refractivity contribution in [1.29, 1.82) is 0 Å². The third-order valence-electron chi connectivity index (χ3n) is 5.63. The molecule has 0 aromatic rings. The maximum atomic E-state index is 11.8. The minimum Gasteiger partial charge on any atom is -0.465 e. The number of aliphatic hydroxyl groups excluding tert-OH is 2. The Morgan fingerprint density at radius 3 is 2.22 bits per heavy atom. The molecule has 0 aliphatic carbocycles. The number of carbonyl (C=O) groups is 1. The first kappa shape index (κ1) is 25.8. The number of rotatable bonds is 19. The van der Waals surface area contributed by atoms with Crippen LogP contribution in [0.15, 0.2) is 0 Å². The van der Waals surface area contributed by atoms with Crippen LogP contribution in [0.5, 0.6) is 0 Å². The zero-order valence-corrected chi connectivity index (χ0v) is 18.8. The van der Waals surface area contributed by atoms with E-state index in [1.165, 1.54) is 0 Å². The molecule has 32 heavy (non-hydrogen) atoms. The van der Waals surface area contributed by atoms with Gasteiger partial charge in [0.25, 0.3) is 0 Å². The van der Waals surface area contributed by atoms with Gasteiger partial charge in [-0.25, -0.2) is 0 Å². The van der Waals surface area contributed by atoms with Crippen molar-refractivity contribution in [3.63, 3.8) is 0 Å². The van der Waals surface area contributed by atoms with E-state index in [0.717, 1.165) is 12.8 Å². The zero-order chi connectivity index (χ0) is 22.7. The van der Waals surface area contributed by atoms with E-state index in [9.17, 15) is 9.90 Å². The van der Waals surface area contributed by atoms with Gasteiger partial charge in [-0.3, -0.25) is 4.79 Å². The van der Waals surface area contributed by atoms with Crippen LogP contribution >= 0.6 is 0 Å². The van der Waals surface area contributed by atoms with Crippen molar-refractivity contribution in [3.8, 4) is 0 Å². The minimum atomic E-state index is -0.764. The number of carbonyl (C=O) groups excluding carboxylic acids is 1. The smallest absolute Gasteiger partial charge is 0.309 e. The maximum Gasteiger partial charge on any atom is 0.309 e. The molecule has 3 aliphatic rings. The molecule has 0 aromatic carbocycles. The number of epoxide rings is 2. The van der Waals surface area contributed by atoms with Gasteiger partial charge >= 0.3 is 5.97 Å². The Bertz CT molecular complexity index is 519. The van der Waals surface area contributed by atoms with Gasteiger partial charge in [0, 0.05) is 13.2 Å². The molecule has 10 heteroatoms. The van der Waals surface area contributed by atoms with Gasteiger partial charge in [0.15, 0.2) is 0 Å². The van der Waals surface area contributed by atoms with E-state index in [-0.39, 0.29) is 43.9 Å². The lowest BCUT2D eigenvalue weighted by atomic mass is 9.92. The lowest BCUT2D eigenvalue weighted by molar-refractivity contribution is -0.155. The summed E-state index contributed by atoms with van der Waals surface area (Å²) in [6.07, 6.45) is 1.93. The highest BCUT2D eigenvalue weighted by Gasteiger charge is 2.35. The van der Waals surface area contributed by atoms with E-state index in [1.807, 2.05) is 0 Å². The van der Waals surface area contributed by atoms with Crippen LogP contribution in [0.1, 0.15) is 25.7 Å². The predicted molar refractivity (Wildman–Crippen MR) is 111 cm³/mol. The summed E-state index contributed by atoms with van der Waals surface area (Å²) in [5.74, 6) is -0.522. The van der Waals surface area contributed by atoms with Gasteiger partial charge in [0.05, 0.1) is 83.5 Å². The van der Waals surface area contributed by atoms with Gasteiger partial charge in [-0.15, -0.1) is 0 Å². The third-order valence-corrected chi connectivity index (χ3v) is 5.63. The van der Waals surface area contributed by atoms with E-state index < -0.39 is 11.5 Å². The number of ether oxygens (including phenoxy) is 7. The van der Waals surface area contributed by atoms with Crippen LogP contribution in [-0.4, -0.2) is 114 Å². The third kappa shape index (κ3) is 9.96. The quantitative estimate of drug-likeness (QED) is 0.153. The van der Waals surface area contributed by atoms with Gasteiger partial charge in [-0.1, -0.05) is 0 Å². The van der Waals surface area contributed by atoms with Gasteiger partial charge in [0.2, 0.25) is 0 Å². The molecule has 2 N–H and O–H groups in total. The van der Waals surface area contributed by atoms with Gasteiger partial charge in [-0.05, 0) is 25.7 Å². The molecule has 0 aromatic heterocycles. The minimum absolute atomic E-state index is 0.0599. The molecule has 0 amide bonds. The Labute approximate surface area is 189 Å². The summed E-state index contributed by atoms with van der Waals surface area (Å²) >= 11 is 0. The van der Waals surface area contributed by atoms with Gasteiger partial charge in [0.1, 0.15) is 12.2 Å². The van der Waals surface area contributed by atoms with Crippen LogP contribution in [0.3, 0.4) is 0 Å². The van der Waals surface area contributed by atoms with Crippen LogP contribution < -0.4 is 0 Å². The number of hydrogen-bond donors (Lipinski definition) is 2. The normalized spacial score (nSPS) is 27.6. The number of aliphatic hydroxyl groups is 2. The number of cyclic esters (lactones) is 1. The highest BCUT2D eigenvalue weighted by molar-refractivity contribution is 5.73. The Morgan fingerprint density at radius 2 is 1.62 bits per heavy atom. The predicted octanol–water partition coefficient (Wildman–Crippen LogP) is -0.0766. The second-order valence-corrected chi connectivity index (χ2v) is 8.98.